The first-order valence-corrected chi connectivity index (χ1v) is 6.11. The van der Waals surface area contributed by atoms with E-state index in [4.69, 9.17) is 23.2 Å². The summed E-state index contributed by atoms with van der Waals surface area (Å²) in [5, 5.41) is 13.3. The van der Waals surface area contributed by atoms with Crippen molar-refractivity contribution in [1.29, 1.82) is 0 Å². The summed E-state index contributed by atoms with van der Waals surface area (Å²) in [7, 11) is 0. The van der Waals surface area contributed by atoms with E-state index in [0.717, 1.165) is 12.3 Å². The maximum absolute atomic E-state index is 12.0. The van der Waals surface area contributed by atoms with Crippen molar-refractivity contribution in [2.24, 2.45) is 0 Å². The molecule has 2 heterocycles. The van der Waals surface area contributed by atoms with Crippen molar-refractivity contribution in [3.05, 3.63) is 50.0 Å². The molecule has 0 aliphatic rings. The number of hydrogen-bond donors (Lipinski definition) is 2. The third-order valence-electron chi connectivity index (χ3n) is 2.50. The Morgan fingerprint density at radius 1 is 1.45 bits per heavy atom. The molecule has 0 bridgehead atoms. The van der Waals surface area contributed by atoms with Crippen molar-refractivity contribution in [3.8, 4) is 0 Å². The normalized spacial score (nSPS) is 10.3. The smallest absolute Gasteiger partial charge is 0.287 e. The molecule has 0 aromatic carbocycles. The molecule has 2 aromatic rings. The Balaban J connectivity index is 2.25. The first kappa shape index (κ1) is 14.3. The van der Waals surface area contributed by atoms with Crippen LogP contribution >= 0.6 is 23.2 Å². The molecular weight excluding hydrogens is 307 g/mol. The number of aromatic amines is 1. The van der Waals surface area contributed by atoms with Gasteiger partial charge in [0.15, 0.2) is 5.15 Å². The molecule has 0 aliphatic heterocycles. The minimum Gasteiger partial charge on any atom is -0.351 e. The van der Waals surface area contributed by atoms with Gasteiger partial charge in [-0.3, -0.25) is 14.9 Å². The molecule has 0 fully saturated rings. The second kappa shape index (κ2) is 5.48. The van der Waals surface area contributed by atoms with Crippen LogP contribution in [0.2, 0.25) is 10.3 Å². The number of anilines is 1. The molecule has 20 heavy (non-hydrogen) atoms. The third-order valence-corrected chi connectivity index (χ3v) is 2.97. The number of aromatic nitrogens is 2. The highest BCUT2D eigenvalue weighted by Crippen LogP contribution is 2.27. The van der Waals surface area contributed by atoms with Gasteiger partial charge in [0.1, 0.15) is 10.8 Å². The lowest BCUT2D eigenvalue weighted by Crippen LogP contribution is -2.14. The van der Waals surface area contributed by atoms with E-state index in [-0.39, 0.29) is 21.7 Å². The number of nitrogens with one attached hydrogen (secondary N) is 2. The van der Waals surface area contributed by atoms with Crippen molar-refractivity contribution in [1.82, 2.24) is 9.97 Å². The van der Waals surface area contributed by atoms with Crippen LogP contribution in [0.1, 0.15) is 16.1 Å². The molecule has 0 saturated carbocycles. The summed E-state index contributed by atoms with van der Waals surface area (Å²) in [4.78, 5) is 28.2. The predicted molar refractivity (Wildman–Crippen MR) is 74.4 cm³/mol. The molecule has 2 aromatic heterocycles. The van der Waals surface area contributed by atoms with Gasteiger partial charge in [0, 0.05) is 6.07 Å². The van der Waals surface area contributed by atoms with Crippen molar-refractivity contribution in [2.45, 2.75) is 6.92 Å². The van der Waals surface area contributed by atoms with Crippen LogP contribution in [0.5, 0.6) is 0 Å². The number of aryl methyl sites for hydroxylation is 1. The number of nitro groups is 1. The molecule has 0 atom stereocenters. The molecule has 7 nitrogen and oxygen atoms in total. The molecule has 0 spiro atoms. The maximum Gasteiger partial charge on any atom is 0.287 e. The highest BCUT2D eigenvalue weighted by molar-refractivity contribution is 6.35. The van der Waals surface area contributed by atoms with E-state index < -0.39 is 10.8 Å². The van der Waals surface area contributed by atoms with Crippen LogP contribution in [0.3, 0.4) is 0 Å². The van der Waals surface area contributed by atoms with Crippen molar-refractivity contribution in [2.75, 3.05) is 5.32 Å². The van der Waals surface area contributed by atoms with E-state index >= 15 is 0 Å². The zero-order chi connectivity index (χ0) is 14.9. The molecule has 0 aliphatic carbocycles. The Kier molecular flexibility index (Phi) is 3.91. The Morgan fingerprint density at radius 2 is 2.15 bits per heavy atom. The molecule has 2 rings (SSSR count). The zero-order valence-corrected chi connectivity index (χ0v) is 11.6. The summed E-state index contributed by atoms with van der Waals surface area (Å²) in [5.41, 5.74) is 0.775. The number of amides is 1. The summed E-state index contributed by atoms with van der Waals surface area (Å²) in [6.45, 7) is 1.70. The SMILES string of the molecule is Cc1cc(Cl)nc(Cl)c1NC(=O)c1cc([N+](=O)[O-])c[nH]1. The maximum atomic E-state index is 12.0. The highest BCUT2D eigenvalue weighted by Gasteiger charge is 2.17. The van der Waals surface area contributed by atoms with E-state index in [1.807, 2.05) is 0 Å². The first-order chi connectivity index (χ1) is 9.38. The van der Waals surface area contributed by atoms with Crippen LogP contribution in [-0.2, 0) is 0 Å². The van der Waals surface area contributed by atoms with Gasteiger partial charge in [-0.05, 0) is 18.6 Å². The lowest BCUT2D eigenvalue weighted by atomic mass is 10.2. The summed E-state index contributed by atoms with van der Waals surface area (Å²) in [6.07, 6.45) is 1.13. The zero-order valence-electron chi connectivity index (χ0n) is 10.1. The average Bonchev–Trinajstić information content (AvgIpc) is 2.83. The van der Waals surface area contributed by atoms with Crippen molar-refractivity contribution in [3.63, 3.8) is 0 Å². The van der Waals surface area contributed by atoms with Crippen LogP contribution < -0.4 is 5.32 Å². The molecule has 0 saturated heterocycles. The van der Waals surface area contributed by atoms with Gasteiger partial charge >= 0.3 is 0 Å². The highest BCUT2D eigenvalue weighted by atomic mass is 35.5. The molecule has 9 heteroatoms. The molecule has 104 valence electrons. The van der Waals surface area contributed by atoms with Gasteiger partial charge in [-0.15, -0.1) is 0 Å². The molecule has 2 N–H and O–H groups in total. The molecule has 0 unspecified atom stereocenters. The average molecular weight is 315 g/mol. The number of nitrogens with zero attached hydrogens (tertiary/aromatic N) is 2. The second-order valence-electron chi connectivity index (χ2n) is 3.91. The van der Waals surface area contributed by atoms with E-state index in [9.17, 15) is 14.9 Å². The van der Waals surface area contributed by atoms with Crippen LogP contribution in [0.15, 0.2) is 18.3 Å². The van der Waals surface area contributed by atoms with Gasteiger partial charge in [-0.25, -0.2) is 4.98 Å². The number of H-pyrrole nitrogens is 1. The topological polar surface area (TPSA) is 101 Å². The fourth-order valence-electron chi connectivity index (χ4n) is 1.55. The molecular formula is C11H8Cl2N4O3. The lowest BCUT2D eigenvalue weighted by molar-refractivity contribution is -0.384. The Morgan fingerprint density at radius 3 is 2.70 bits per heavy atom. The predicted octanol–water partition coefficient (Wildman–Crippen LogP) is 3.19. The number of halogens is 2. The largest absolute Gasteiger partial charge is 0.351 e. The molecule has 0 radical (unpaired) electrons. The third kappa shape index (κ3) is 2.89. The van der Waals surface area contributed by atoms with Crippen LogP contribution in [0, 0.1) is 17.0 Å². The van der Waals surface area contributed by atoms with E-state index in [0.29, 0.717) is 11.3 Å². The van der Waals surface area contributed by atoms with Gasteiger partial charge < -0.3 is 10.3 Å². The number of carbonyl (C=O) groups is 1. The number of carbonyl (C=O) groups excluding carboxylic acids is 1. The van der Waals surface area contributed by atoms with E-state index in [1.165, 1.54) is 0 Å². The van der Waals surface area contributed by atoms with Gasteiger partial charge in [0.2, 0.25) is 0 Å². The van der Waals surface area contributed by atoms with Gasteiger partial charge in [0.05, 0.1) is 16.8 Å². The summed E-state index contributed by atoms with van der Waals surface area (Å²) >= 11 is 11.6. The van der Waals surface area contributed by atoms with Crippen molar-refractivity contribution >= 4 is 40.5 Å². The molecule has 1 amide bonds. The fraction of sp³-hybridized carbons (Fsp3) is 0.0909. The van der Waals surface area contributed by atoms with E-state index in [1.54, 1.807) is 13.0 Å². The fourth-order valence-corrected chi connectivity index (χ4v) is 2.12. The van der Waals surface area contributed by atoms with Crippen LogP contribution in [0.25, 0.3) is 0 Å². The minimum absolute atomic E-state index is 0.0436. The van der Waals surface area contributed by atoms with Gasteiger partial charge in [-0.1, -0.05) is 23.2 Å². The van der Waals surface area contributed by atoms with E-state index in [2.05, 4.69) is 15.3 Å². The second-order valence-corrected chi connectivity index (χ2v) is 4.66. The summed E-state index contributed by atoms with van der Waals surface area (Å²) in [6, 6.07) is 2.67. The van der Waals surface area contributed by atoms with Gasteiger partial charge in [0.25, 0.3) is 11.6 Å². The monoisotopic (exact) mass is 314 g/mol. The Labute approximate surface area is 123 Å². The minimum atomic E-state index is -0.602. The standard InChI is InChI=1S/C11H8Cl2N4O3/c1-5-2-8(12)15-10(13)9(5)16-11(18)7-3-6(4-14-7)17(19)20/h2-4,14H,1H3,(H,16,18). The number of rotatable bonds is 3. The van der Waals surface area contributed by atoms with Gasteiger partial charge in [-0.2, -0.15) is 0 Å². The lowest BCUT2D eigenvalue weighted by Gasteiger charge is -2.09. The van der Waals surface area contributed by atoms with Crippen LogP contribution in [-0.4, -0.2) is 20.8 Å². The number of pyridine rings is 1. The Bertz CT molecular complexity index is 676. The summed E-state index contributed by atoms with van der Waals surface area (Å²) in [5.74, 6) is -0.563. The Hall–Kier alpha value is -2.12. The van der Waals surface area contributed by atoms with Crippen molar-refractivity contribution < 1.29 is 9.72 Å². The first-order valence-electron chi connectivity index (χ1n) is 5.35. The quantitative estimate of drug-likeness (QED) is 0.516. The van der Waals surface area contributed by atoms with Crippen LogP contribution in [0.4, 0.5) is 11.4 Å². The summed E-state index contributed by atoms with van der Waals surface area (Å²) < 4.78 is 0. The number of hydrogen-bond acceptors (Lipinski definition) is 4.